The average Bonchev–Trinajstić information content (AvgIpc) is 2.32. The average molecular weight is 277 g/mol. The van der Waals surface area contributed by atoms with Gasteiger partial charge in [0.15, 0.2) is 18.2 Å². The maximum absolute atomic E-state index is 13.8. The standard InChI is InChI=1S/C13H15F4NO/c1-4-8(2)18-10-5-6-11(12(14)9(10)3)19-7-13(15,16)17/h5-6H,4,7H2,1-3H3. The zero-order valence-electron chi connectivity index (χ0n) is 10.9. The molecule has 0 unspecified atom stereocenters. The molecule has 0 saturated carbocycles. The molecule has 106 valence electrons. The molecule has 0 saturated heterocycles. The summed E-state index contributed by atoms with van der Waals surface area (Å²) >= 11 is 0. The molecule has 0 N–H and O–H groups in total. The number of benzene rings is 1. The van der Waals surface area contributed by atoms with Crippen molar-refractivity contribution in [2.45, 2.75) is 33.4 Å². The highest BCUT2D eigenvalue weighted by Gasteiger charge is 2.29. The van der Waals surface area contributed by atoms with E-state index in [1.54, 1.807) is 6.92 Å². The molecular formula is C13H15F4NO. The minimum atomic E-state index is -4.49. The van der Waals surface area contributed by atoms with Crippen LogP contribution in [0.1, 0.15) is 25.8 Å². The largest absolute Gasteiger partial charge is 0.481 e. The molecule has 0 aliphatic heterocycles. The van der Waals surface area contributed by atoms with Crippen LogP contribution < -0.4 is 4.74 Å². The number of alkyl halides is 3. The zero-order chi connectivity index (χ0) is 14.6. The molecule has 2 nitrogen and oxygen atoms in total. The second-order valence-corrected chi connectivity index (χ2v) is 4.13. The summed E-state index contributed by atoms with van der Waals surface area (Å²) in [6, 6.07) is 2.61. The molecule has 0 heterocycles. The minimum absolute atomic E-state index is 0.174. The van der Waals surface area contributed by atoms with Crippen molar-refractivity contribution in [3.8, 4) is 5.75 Å². The van der Waals surface area contributed by atoms with Crippen molar-refractivity contribution >= 4 is 11.4 Å². The summed E-state index contributed by atoms with van der Waals surface area (Å²) in [6.45, 7) is 3.65. The van der Waals surface area contributed by atoms with Crippen LogP contribution in [0.5, 0.6) is 5.75 Å². The summed E-state index contributed by atoms with van der Waals surface area (Å²) in [5.74, 6) is -1.22. The van der Waals surface area contributed by atoms with E-state index in [1.165, 1.54) is 13.0 Å². The smallest absolute Gasteiger partial charge is 0.422 e. The second kappa shape index (κ2) is 6.04. The van der Waals surface area contributed by atoms with Gasteiger partial charge >= 0.3 is 6.18 Å². The lowest BCUT2D eigenvalue weighted by Gasteiger charge is -2.12. The van der Waals surface area contributed by atoms with Gasteiger partial charge in [0.25, 0.3) is 0 Å². The maximum Gasteiger partial charge on any atom is 0.422 e. The fourth-order valence-corrected chi connectivity index (χ4v) is 1.33. The van der Waals surface area contributed by atoms with Gasteiger partial charge in [-0.2, -0.15) is 13.2 Å². The van der Waals surface area contributed by atoms with Crippen molar-refractivity contribution in [1.29, 1.82) is 0 Å². The highest BCUT2D eigenvalue weighted by Crippen LogP contribution is 2.30. The molecule has 1 aromatic carbocycles. The highest BCUT2D eigenvalue weighted by molar-refractivity contribution is 5.84. The van der Waals surface area contributed by atoms with Gasteiger partial charge in [0.05, 0.1) is 5.69 Å². The van der Waals surface area contributed by atoms with Crippen LogP contribution in [0.25, 0.3) is 0 Å². The monoisotopic (exact) mass is 277 g/mol. The first kappa shape index (κ1) is 15.5. The Balaban J connectivity index is 2.98. The van der Waals surface area contributed by atoms with Crippen molar-refractivity contribution in [3.05, 3.63) is 23.5 Å². The van der Waals surface area contributed by atoms with Crippen molar-refractivity contribution < 1.29 is 22.3 Å². The fraction of sp³-hybridized carbons (Fsp3) is 0.462. The summed E-state index contributed by atoms with van der Waals surface area (Å²) in [5.41, 5.74) is 1.38. The number of hydrogen-bond donors (Lipinski definition) is 0. The first-order chi connectivity index (χ1) is 8.74. The Hall–Kier alpha value is -1.59. The van der Waals surface area contributed by atoms with E-state index >= 15 is 0 Å². The normalized spacial score (nSPS) is 12.7. The summed E-state index contributed by atoms with van der Waals surface area (Å²) in [7, 11) is 0. The van der Waals surface area contributed by atoms with Gasteiger partial charge in [-0.05, 0) is 32.4 Å². The van der Waals surface area contributed by atoms with E-state index < -0.39 is 24.3 Å². The molecule has 1 rings (SSSR count). The Bertz CT molecular complexity index is 480. The molecule has 1 aromatic rings. The van der Waals surface area contributed by atoms with Crippen LogP contribution in [0.2, 0.25) is 0 Å². The Morgan fingerprint density at radius 3 is 2.47 bits per heavy atom. The van der Waals surface area contributed by atoms with Gasteiger partial charge in [-0.3, -0.25) is 4.99 Å². The maximum atomic E-state index is 13.8. The molecule has 0 bridgehead atoms. The van der Waals surface area contributed by atoms with Crippen molar-refractivity contribution in [2.75, 3.05) is 6.61 Å². The third-order valence-electron chi connectivity index (χ3n) is 2.54. The van der Waals surface area contributed by atoms with Crippen LogP contribution in [0.15, 0.2) is 17.1 Å². The van der Waals surface area contributed by atoms with Crippen LogP contribution in [0.4, 0.5) is 23.2 Å². The first-order valence-corrected chi connectivity index (χ1v) is 5.77. The Morgan fingerprint density at radius 1 is 1.32 bits per heavy atom. The van der Waals surface area contributed by atoms with Crippen LogP contribution in [0, 0.1) is 12.7 Å². The van der Waals surface area contributed by atoms with Gasteiger partial charge in [-0.15, -0.1) is 0 Å². The summed E-state index contributed by atoms with van der Waals surface area (Å²) in [4.78, 5) is 4.19. The predicted octanol–water partition coefficient (Wildman–Crippen LogP) is 4.58. The molecule has 6 heteroatoms. The first-order valence-electron chi connectivity index (χ1n) is 5.77. The Labute approximate surface area is 109 Å². The van der Waals surface area contributed by atoms with Crippen LogP contribution in [0.3, 0.4) is 0 Å². The number of hydrogen-bond acceptors (Lipinski definition) is 2. The molecule has 0 aromatic heterocycles. The van der Waals surface area contributed by atoms with Crippen molar-refractivity contribution in [2.24, 2.45) is 4.99 Å². The van der Waals surface area contributed by atoms with Crippen molar-refractivity contribution in [3.63, 3.8) is 0 Å². The summed E-state index contributed by atoms with van der Waals surface area (Å²) in [5, 5.41) is 0. The molecular weight excluding hydrogens is 262 g/mol. The van der Waals surface area contributed by atoms with Gasteiger partial charge in [0.2, 0.25) is 0 Å². The molecule has 0 aliphatic rings. The SMILES string of the molecule is CCC(C)=Nc1ccc(OCC(F)(F)F)c(F)c1C. The van der Waals surface area contributed by atoms with E-state index in [0.29, 0.717) is 12.1 Å². The lowest BCUT2D eigenvalue weighted by atomic mass is 10.1. The Kier molecular flexibility index (Phi) is 4.91. The van der Waals surface area contributed by atoms with E-state index in [0.717, 1.165) is 11.8 Å². The molecule has 0 amide bonds. The van der Waals surface area contributed by atoms with E-state index in [4.69, 9.17) is 0 Å². The van der Waals surface area contributed by atoms with Gasteiger partial charge in [-0.25, -0.2) is 4.39 Å². The molecule has 0 atom stereocenters. The Morgan fingerprint density at radius 2 is 1.95 bits per heavy atom. The number of ether oxygens (including phenoxy) is 1. The topological polar surface area (TPSA) is 21.6 Å². The van der Waals surface area contributed by atoms with Gasteiger partial charge in [0.1, 0.15) is 0 Å². The number of halogens is 4. The van der Waals surface area contributed by atoms with Gasteiger partial charge < -0.3 is 4.74 Å². The zero-order valence-corrected chi connectivity index (χ0v) is 10.9. The minimum Gasteiger partial charge on any atom is -0.481 e. The third-order valence-corrected chi connectivity index (χ3v) is 2.54. The van der Waals surface area contributed by atoms with Crippen LogP contribution >= 0.6 is 0 Å². The summed E-state index contributed by atoms with van der Waals surface area (Å²) < 4.78 is 54.3. The van der Waals surface area contributed by atoms with Gasteiger partial charge in [0, 0.05) is 11.3 Å². The molecule has 19 heavy (non-hydrogen) atoms. The lowest BCUT2D eigenvalue weighted by Crippen LogP contribution is -2.19. The highest BCUT2D eigenvalue weighted by atomic mass is 19.4. The lowest BCUT2D eigenvalue weighted by molar-refractivity contribution is -0.153. The van der Waals surface area contributed by atoms with E-state index in [9.17, 15) is 17.6 Å². The van der Waals surface area contributed by atoms with Crippen LogP contribution in [-0.4, -0.2) is 18.5 Å². The summed E-state index contributed by atoms with van der Waals surface area (Å²) in [6.07, 6.45) is -3.77. The molecule has 0 aliphatic carbocycles. The third kappa shape index (κ3) is 4.54. The quantitative estimate of drug-likeness (QED) is 0.583. The number of aliphatic imine (C=N–C) groups is 1. The molecule has 0 spiro atoms. The molecule has 0 fully saturated rings. The fourth-order valence-electron chi connectivity index (χ4n) is 1.33. The van der Waals surface area contributed by atoms with E-state index in [2.05, 4.69) is 9.73 Å². The van der Waals surface area contributed by atoms with Crippen LogP contribution in [-0.2, 0) is 0 Å². The molecule has 0 radical (unpaired) electrons. The van der Waals surface area contributed by atoms with E-state index in [-0.39, 0.29) is 5.56 Å². The number of rotatable bonds is 4. The number of nitrogens with zero attached hydrogens (tertiary/aromatic N) is 1. The van der Waals surface area contributed by atoms with E-state index in [1.807, 2.05) is 6.92 Å². The predicted molar refractivity (Wildman–Crippen MR) is 65.7 cm³/mol. The van der Waals surface area contributed by atoms with Crippen molar-refractivity contribution in [1.82, 2.24) is 0 Å². The van der Waals surface area contributed by atoms with Gasteiger partial charge in [-0.1, -0.05) is 6.92 Å². The second-order valence-electron chi connectivity index (χ2n) is 4.13.